The zero-order valence-corrected chi connectivity index (χ0v) is 20.9. The quantitative estimate of drug-likeness (QED) is 0.205. The van der Waals surface area contributed by atoms with Gasteiger partial charge in [0.1, 0.15) is 12.6 Å². The van der Waals surface area contributed by atoms with Gasteiger partial charge in [-0.2, -0.15) is 13.2 Å². The largest absolute Gasteiger partial charge is 0.405 e. The van der Waals surface area contributed by atoms with Gasteiger partial charge >= 0.3 is 6.18 Å². The lowest BCUT2D eigenvalue weighted by molar-refractivity contribution is -0.151. The molecule has 0 heterocycles. The predicted octanol–water partition coefficient (Wildman–Crippen LogP) is 3.28. The molecule has 8 nitrogen and oxygen atoms in total. The number of carbonyl (C=O) groups is 3. The second-order valence-corrected chi connectivity index (χ2v) is 9.65. The van der Waals surface area contributed by atoms with Gasteiger partial charge in [-0.05, 0) is 28.2 Å². The van der Waals surface area contributed by atoms with Crippen molar-refractivity contribution in [3.05, 3.63) is 60.7 Å². The molecule has 0 unspecified atom stereocenters. The minimum Gasteiger partial charge on any atom is -0.363 e. The molecule has 4 N–H and O–H groups in total. The van der Waals surface area contributed by atoms with Gasteiger partial charge in [0.25, 0.3) is 5.91 Å². The summed E-state index contributed by atoms with van der Waals surface area (Å²) < 4.78 is 43.5. The highest BCUT2D eigenvalue weighted by atomic mass is 19.4. The molecule has 3 amide bonds. The SMILES string of the molecule is C=CCO[C@H](C(=O)NO)[C@@H](Cc1ccc2ccccc2c1)C(=O)N[C@H](C(=O)NCC(F)(F)F)C(C)(C)C. The van der Waals surface area contributed by atoms with Gasteiger partial charge in [-0.3, -0.25) is 19.6 Å². The molecule has 0 saturated carbocycles. The van der Waals surface area contributed by atoms with E-state index >= 15 is 0 Å². The Bertz CT molecular complexity index is 1110. The molecule has 0 aliphatic heterocycles. The van der Waals surface area contributed by atoms with Crippen LogP contribution in [0.2, 0.25) is 0 Å². The Kier molecular flexibility index (Phi) is 10.2. The van der Waals surface area contributed by atoms with Crippen LogP contribution >= 0.6 is 0 Å². The third-order valence-corrected chi connectivity index (χ3v) is 5.61. The van der Waals surface area contributed by atoms with E-state index in [-0.39, 0.29) is 13.0 Å². The van der Waals surface area contributed by atoms with E-state index in [0.29, 0.717) is 5.56 Å². The fourth-order valence-corrected chi connectivity index (χ4v) is 3.78. The summed E-state index contributed by atoms with van der Waals surface area (Å²) in [6.45, 7) is 6.56. The first-order chi connectivity index (χ1) is 17.3. The molecule has 2 rings (SSSR count). The second kappa shape index (κ2) is 12.7. The molecule has 2 aromatic carbocycles. The molecular weight excluding hydrogens is 491 g/mol. The molecule has 3 atom stereocenters. The van der Waals surface area contributed by atoms with Crippen molar-refractivity contribution in [2.45, 2.75) is 45.5 Å². The number of hydroxylamine groups is 1. The summed E-state index contributed by atoms with van der Waals surface area (Å²) >= 11 is 0. The van der Waals surface area contributed by atoms with E-state index in [2.05, 4.69) is 11.9 Å². The maximum atomic E-state index is 13.5. The summed E-state index contributed by atoms with van der Waals surface area (Å²) in [5, 5.41) is 15.4. The van der Waals surface area contributed by atoms with Crippen LogP contribution in [0.1, 0.15) is 26.3 Å². The minimum absolute atomic E-state index is 0.0348. The number of rotatable bonds is 11. The zero-order chi connectivity index (χ0) is 27.8. The number of ether oxygens (including phenoxy) is 1. The van der Waals surface area contributed by atoms with Gasteiger partial charge in [-0.1, -0.05) is 69.3 Å². The van der Waals surface area contributed by atoms with Crippen LogP contribution in [0.25, 0.3) is 10.8 Å². The number of nitrogens with one attached hydrogen (secondary N) is 3. The molecular formula is C26H32F3N3O5. The lowest BCUT2D eigenvalue weighted by Gasteiger charge is -2.33. The van der Waals surface area contributed by atoms with Crippen LogP contribution in [-0.2, 0) is 25.5 Å². The Morgan fingerprint density at radius 3 is 2.24 bits per heavy atom. The van der Waals surface area contributed by atoms with Crippen molar-refractivity contribution in [3.8, 4) is 0 Å². The van der Waals surface area contributed by atoms with Crippen molar-refractivity contribution in [2.75, 3.05) is 13.2 Å². The fraction of sp³-hybridized carbons (Fsp3) is 0.423. The Balaban J connectivity index is 2.42. The number of fused-ring (bicyclic) bond motifs is 1. The smallest absolute Gasteiger partial charge is 0.363 e. The number of carbonyl (C=O) groups excluding carboxylic acids is 3. The number of alkyl halides is 3. The van der Waals surface area contributed by atoms with E-state index in [1.165, 1.54) is 11.6 Å². The highest BCUT2D eigenvalue weighted by Crippen LogP contribution is 2.24. The summed E-state index contributed by atoms with van der Waals surface area (Å²) in [7, 11) is 0. The summed E-state index contributed by atoms with van der Waals surface area (Å²) in [6.07, 6.45) is -4.81. The monoisotopic (exact) mass is 523 g/mol. The van der Waals surface area contributed by atoms with Crippen LogP contribution in [-0.4, -0.2) is 54.4 Å². The van der Waals surface area contributed by atoms with E-state index in [4.69, 9.17) is 4.74 Å². The Morgan fingerprint density at radius 2 is 1.68 bits per heavy atom. The van der Waals surface area contributed by atoms with Gasteiger partial charge in [0.2, 0.25) is 11.8 Å². The Hall–Kier alpha value is -3.44. The molecule has 2 aromatic rings. The summed E-state index contributed by atoms with van der Waals surface area (Å²) in [4.78, 5) is 38.7. The van der Waals surface area contributed by atoms with Crippen LogP contribution in [0.5, 0.6) is 0 Å². The van der Waals surface area contributed by atoms with E-state index in [9.17, 15) is 32.8 Å². The normalized spacial score (nSPS) is 14.4. The zero-order valence-electron chi connectivity index (χ0n) is 20.9. The average Bonchev–Trinajstić information content (AvgIpc) is 2.83. The molecule has 0 saturated heterocycles. The molecule has 0 fully saturated rings. The lowest BCUT2D eigenvalue weighted by Crippen LogP contribution is -2.58. The second-order valence-electron chi connectivity index (χ2n) is 9.65. The fourth-order valence-electron chi connectivity index (χ4n) is 3.78. The summed E-state index contributed by atoms with van der Waals surface area (Å²) in [5.74, 6) is -4.10. The number of hydrogen-bond acceptors (Lipinski definition) is 5. The maximum Gasteiger partial charge on any atom is 0.405 e. The van der Waals surface area contributed by atoms with Crippen molar-refractivity contribution < 1.29 is 37.5 Å². The van der Waals surface area contributed by atoms with E-state index < -0.39 is 53.9 Å². The van der Waals surface area contributed by atoms with Crippen molar-refractivity contribution >= 4 is 28.5 Å². The van der Waals surface area contributed by atoms with Crippen molar-refractivity contribution in [1.82, 2.24) is 16.1 Å². The first kappa shape index (κ1) is 29.8. The Morgan fingerprint density at radius 1 is 1.03 bits per heavy atom. The molecule has 0 spiro atoms. The number of amides is 3. The predicted molar refractivity (Wildman–Crippen MR) is 131 cm³/mol. The molecule has 37 heavy (non-hydrogen) atoms. The molecule has 0 radical (unpaired) electrons. The average molecular weight is 524 g/mol. The lowest BCUT2D eigenvalue weighted by atomic mass is 9.84. The molecule has 11 heteroatoms. The highest BCUT2D eigenvalue weighted by Gasteiger charge is 2.40. The van der Waals surface area contributed by atoms with Crippen LogP contribution in [0.15, 0.2) is 55.1 Å². The van der Waals surface area contributed by atoms with E-state index in [1.807, 2.05) is 36.4 Å². The summed E-state index contributed by atoms with van der Waals surface area (Å²) in [5.41, 5.74) is 1.17. The maximum absolute atomic E-state index is 13.5. The highest BCUT2D eigenvalue weighted by molar-refractivity contribution is 5.93. The van der Waals surface area contributed by atoms with Crippen LogP contribution in [0, 0.1) is 11.3 Å². The molecule has 0 aliphatic rings. The number of halogens is 3. The van der Waals surface area contributed by atoms with Gasteiger partial charge in [-0.15, -0.1) is 6.58 Å². The molecule has 202 valence electrons. The third-order valence-electron chi connectivity index (χ3n) is 5.61. The Labute approximate surface area is 213 Å². The topological polar surface area (TPSA) is 117 Å². The van der Waals surface area contributed by atoms with Crippen LogP contribution < -0.4 is 16.1 Å². The number of hydrogen-bond donors (Lipinski definition) is 4. The number of benzene rings is 2. The van der Waals surface area contributed by atoms with Gasteiger partial charge in [0, 0.05) is 0 Å². The van der Waals surface area contributed by atoms with Crippen molar-refractivity contribution in [1.29, 1.82) is 0 Å². The minimum atomic E-state index is -4.64. The molecule has 0 bridgehead atoms. The summed E-state index contributed by atoms with van der Waals surface area (Å²) in [6, 6.07) is 11.6. The first-order valence-electron chi connectivity index (χ1n) is 11.6. The van der Waals surface area contributed by atoms with Crippen molar-refractivity contribution in [3.63, 3.8) is 0 Å². The van der Waals surface area contributed by atoms with Gasteiger partial charge in [0.15, 0.2) is 6.10 Å². The van der Waals surface area contributed by atoms with Crippen LogP contribution in [0.3, 0.4) is 0 Å². The van der Waals surface area contributed by atoms with Gasteiger partial charge in [0.05, 0.1) is 12.5 Å². The standard InChI is InChI=1S/C26H32F3N3O5/c1-5-12-37-20(23(34)32-36)19(14-16-10-11-17-8-6-7-9-18(17)13-16)22(33)31-21(25(2,3)4)24(35)30-15-26(27,28)29/h5-11,13,19-21,36H,1,12,14-15H2,2-4H3,(H,30,35)(H,31,33)(H,32,34)/t19-,20+,21-/m1/s1. The third kappa shape index (κ3) is 8.87. The van der Waals surface area contributed by atoms with Crippen molar-refractivity contribution in [2.24, 2.45) is 11.3 Å². The molecule has 0 aliphatic carbocycles. The van der Waals surface area contributed by atoms with Crippen LogP contribution in [0.4, 0.5) is 13.2 Å². The van der Waals surface area contributed by atoms with E-state index in [1.54, 1.807) is 32.2 Å². The van der Waals surface area contributed by atoms with Gasteiger partial charge in [-0.25, -0.2) is 5.48 Å². The molecule has 0 aromatic heterocycles. The van der Waals surface area contributed by atoms with E-state index in [0.717, 1.165) is 10.8 Å². The first-order valence-corrected chi connectivity index (χ1v) is 11.6. The van der Waals surface area contributed by atoms with Gasteiger partial charge < -0.3 is 15.4 Å².